The van der Waals surface area contributed by atoms with Crippen LogP contribution in [0.3, 0.4) is 0 Å². The zero-order valence-corrected chi connectivity index (χ0v) is 10.1. The van der Waals surface area contributed by atoms with Crippen molar-refractivity contribution in [2.45, 2.75) is 51.1 Å². The Labute approximate surface area is 92.4 Å². The fourth-order valence-electron chi connectivity index (χ4n) is 1.77. The summed E-state index contributed by atoms with van der Waals surface area (Å²) in [5, 5.41) is 3.58. The molecule has 0 aromatic heterocycles. The Kier molecular flexibility index (Phi) is 6.65. The summed E-state index contributed by atoms with van der Waals surface area (Å²) in [6.07, 6.45) is 6.66. The van der Waals surface area contributed by atoms with Gasteiger partial charge in [0, 0.05) is 12.1 Å². The molecule has 0 aliphatic carbocycles. The van der Waals surface area contributed by atoms with E-state index in [1.807, 2.05) is 0 Å². The van der Waals surface area contributed by atoms with Crippen LogP contribution in [0.1, 0.15) is 39.0 Å². The Morgan fingerprint density at radius 3 is 2.93 bits per heavy atom. The molecule has 1 fully saturated rings. The fraction of sp³-hybridized carbons (Fsp3) is 1.00. The molecule has 1 rings (SSSR count). The van der Waals surface area contributed by atoms with E-state index in [1.54, 1.807) is 0 Å². The Morgan fingerprint density at radius 1 is 1.43 bits per heavy atom. The Balaban J connectivity index is 1.87. The van der Waals surface area contributed by atoms with E-state index in [4.69, 9.17) is 5.73 Å². The van der Waals surface area contributed by atoms with Crippen LogP contribution in [0.25, 0.3) is 0 Å². The van der Waals surface area contributed by atoms with Crippen molar-refractivity contribution in [1.82, 2.24) is 5.32 Å². The van der Waals surface area contributed by atoms with Gasteiger partial charge in [-0.2, -0.15) is 11.8 Å². The van der Waals surface area contributed by atoms with Gasteiger partial charge in [-0.25, -0.2) is 0 Å². The highest BCUT2D eigenvalue weighted by Crippen LogP contribution is 2.14. The molecule has 0 bridgehead atoms. The maximum absolute atomic E-state index is 5.69. The van der Waals surface area contributed by atoms with Crippen molar-refractivity contribution >= 4 is 11.8 Å². The topological polar surface area (TPSA) is 38.0 Å². The molecule has 1 aliphatic heterocycles. The highest BCUT2D eigenvalue weighted by Gasteiger charge is 2.11. The van der Waals surface area contributed by atoms with E-state index >= 15 is 0 Å². The molecule has 0 spiro atoms. The minimum atomic E-state index is 0.371. The zero-order valence-electron chi connectivity index (χ0n) is 9.30. The molecule has 3 N–H and O–H groups in total. The Hall–Kier alpha value is 0.270. The minimum absolute atomic E-state index is 0.371. The smallest absolute Gasteiger partial charge is 0.00749 e. The van der Waals surface area contributed by atoms with Gasteiger partial charge < -0.3 is 11.1 Å². The lowest BCUT2D eigenvalue weighted by Crippen LogP contribution is -2.34. The molecule has 3 heteroatoms. The first-order valence-corrected chi connectivity index (χ1v) is 7.01. The van der Waals surface area contributed by atoms with E-state index in [0.717, 1.165) is 12.5 Å². The summed E-state index contributed by atoms with van der Waals surface area (Å²) in [4.78, 5) is 0. The summed E-state index contributed by atoms with van der Waals surface area (Å²) >= 11 is 2.06. The van der Waals surface area contributed by atoms with E-state index in [9.17, 15) is 0 Å². The monoisotopic (exact) mass is 216 g/mol. The SMILES string of the molecule is CC(N)CCSCCC1CCCCN1. The van der Waals surface area contributed by atoms with Crippen LogP contribution < -0.4 is 11.1 Å². The van der Waals surface area contributed by atoms with Crippen LogP contribution in [0.2, 0.25) is 0 Å². The molecule has 1 aliphatic rings. The molecule has 1 saturated heterocycles. The number of thioether (sulfide) groups is 1. The average Bonchev–Trinajstić information content (AvgIpc) is 2.18. The van der Waals surface area contributed by atoms with E-state index in [1.165, 1.54) is 43.7 Å². The van der Waals surface area contributed by atoms with Gasteiger partial charge in [0.15, 0.2) is 0 Å². The van der Waals surface area contributed by atoms with Gasteiger partial charge in [-0.3, -0.25) is 0 Å². The van der Waals surface area contributed by atoms with Crippen molar-refractivity contribution in [2.75, 3.05) is 18.1 Å². The van der Waals surface area contributed by atoms with Crippen molar-refractivity contribution in [2.24, 2.45) is 5.73 Å². The normalized spacial score (nSPS) is 24.9. The van der Waals surface area contributed by atoms with Crippen LogP contribution in [0.15, 0.2) is 0 Å². The summed E-state index contributed by atoms with van der Waals surface area (Å²) in [7, 11) is 0. The number of rotatable bonds is 6. The van der Waals surface area contributed by atoms with E-state index < -0.39 is 0 Å². The molecule has 0 radical (unpaired) electrons. The summed E-state index contributed by atoms with van der Waals surface area (Å²) in [6.45, 7) is 3.32. The van der Waals surface area contributed by atoms with Gasteiger partial charge in [-0.05, 0) is 50.7 Å². The zero-order chi connectivity index (χ0) is 10.2. The molecule has 2 nitrogen and oxygen atoms in total. The van der Waals surface area contributed by atoms with E-state index in [0.29, 0.717) is 6.04 Å². The number of nitrogens with two attached hydrogens (primary N) is 1. The highest BCUT2D eigenvalue weighted by atomic mass is 32.2. The third kappa shape index (κ3) is 5.89. The van der Waals surface area contributed by atoms with Gasteiger partial charge in [0.25, 0.3) is 0 Å². The third-order valence-corrected chi connectivity index (χ3v) is 3.79. The largest absolute Gasteiger partial charge is 0.328 e. The molecule has 2 unspecified atom stereocenters. The van der Waals surface area contributed by atoms with Gasteiger partial charge >= 0.3 is 0 Å². The summed E-state index contributed by atoms with van der Waals surface area (Å²) in [6, 6.07) is 1.17. The lowest BCUT2D eigenvalue weighted by Gasteiger charge is -2.23. The van der Waals surface area contributed by atoms with E-state index in [2.05, 4.69) is 24.0 Å². The standard InChI is InChI=1S/C11H24N2S/c1-10(12)5-8-14-9-6-11-4-2-3-7-13-11/h10-11,13H,2-9,12H2,1H3. The third-order valence-electron chi connectivity index (χ3n) is 2.74. The van der Waals surface area contributed by atoms with Crippen LogP contribution in [-0.4, -0.2) is 30.1 Å². The van der Waals surface area contributed by atoms with Gasteiger partial charge in [0.05, 0.1) is 0 Å². The summed E-state index contributed by atoms with van der Waals surface area (Å²) < 4.78 is 0. The molecule has 14 heavy (non-hydrogen) atoms. The molecule has 2 atom stereocenters. The molecule has 0 aromatic rings. The molecular weight excluding hydrogens is 192 g/mol. The molecule has 0 aromatic carbocycles. The van der Waals surface area contributed by atoms with Gasteiger partial charge in [0.1, 0.15) is 0 Å². The van der Waals surface area contributed by atoms with Gasteiger partial charge in [-0.15, -0.1) is 0 Å². The van der Waals surface area contributed by atoms with Crippen molar-refractivity contribution in [3.63, 3.8) is 0 Å². The lowest BCUT2D eigenvalue weighted by molar-refractivity contribution is 0.394. The minimum Gasteiger partial charge on any atom is -0.328 e. The molecule has 1 heterocycles. The summed E-state index contributed by atoms with van der Waals surface area (Å²) in [5.41, 5.74) is 5.69. The predicted octanol–water partition coefficient (Wildman–Crippen LogP) is 1.99. The van der Waals surface area contributed by atoms with Gasteiger partial charge in [-0.1, -0.05) is 6.42 Å². The highest BCUT2D eigenvalue weighted by molar-refractivity contribution is 7.99. The number of hydrogen-bond acceptors (Lipinski definition) is 3. The second-order valence-electron chi connectivity index (χ2n) is 4.31. The number of piperidine rings is 1. The van der Waals surface area contributed by atoms with Gasteiger partial charge in [0.2, 0.25) is 0 Å². The molecule has 0 amide bonds. The first kappa shape index (κ1) is 12.3. The number of nitrogens with one attached hydrogen (secondary N) is 1. The Morgan fingerprint density at radius 2 is 2.29 bits per heavy atom. The number of hydrogen-bond donors (Lipinski definition) is 2. The fourth-order valence-corrected chi connectivity index (χ4v) is 2.96. The second-order valence-corrected chi connectivity index (χ2v) is 5.54. The molecular formula is C11H24N2S. The van der Waals surface area contributed by atoms with Crippen LogP contribution in [0, 0.1) is 0 Å². The molecule has 84 valence electrons. The van der Waals surface area contributed by atoms with Crippen LogP contribution in [0.5, 0.6) is 0 Å². The second kappa shape index (κ2) is 7.55. The lowest BCUT2D eigenvalue weighted by atomic mass is 10.0. The Bertz CT molecular complexity index is 133. The molecule has 0 saturated carbocycles. The van der Waals surface area contributed by atoms with Crippen molar-refractivity contribution in [3.05, 3.63) is 0 Å². The average molecular weight is 216 g/mol. The summed E-state index contributed by atoms with van der Waals surface area (Å²) in [5.74, 6) is 2.52. The van der Waals surface area contributed by atoms with Crippen LogP contribution in [0.4, 0.5) is 0 Å². The van der Waals surface area contributed by atoms with Crippen molar-refractivity contribution in [1.29, 1.82) is 0 Å². The van der Waals surface area contributed by atoms with Crippen LogP contribution in [-0.2, 0) is 0 Å². The predicted molar refractivity (Wildman–Crippen MR) is 65.9 cm³/mol. The first-order chi connectivity index (χ1) is 6.79. The van der Waals surface area contributed by atoms with E-state index in [-0.39, 0.29) is 0 Å². The van der Waals surface area contributed by atoms with Crippen molar-refractivity contribution < 1.29 is 0 Å². The van der Waals surface area contributed by atoms with Crippen molar-refractivity contribution in [3.8, 4) is 0 Å². The first-order valence-electron chi connectivity index (χ1n) is 5.86. The van der Waals surface area contributed by atoms with Crippen LogP contribution >= 0.6 is 11.8 Å². The quantitative estimate of drug-likeness (QED) is 0.667. The maximum atomic E-state index is 5.69. The maximum Gasteiger partial charge on any atom is 0.00749 e.